The highest BCUT2D eigenvalue weighted by atomic mass is 127. The molecule has 2 aromatic rings. The molecule has 94 valence electrons. The van der Waals surface area contributed by atoms with Crippen LogP contribution in [0.2, 0.25) is 10.0 Å². The summed E-state index contributed by atoms with van der Waals surface area (Å²) in [6, 6.07) is 9.56. The first-order chi connectivity index (χ1) is 8.16. The third-order valence-corrected chi connectivity index (χ3v) is 3.11. The van der Waals surface area contributed by atoms with Crippen molar-refractivity contribution in [3.8, 4) is 0 Å². The van der Waals surface area contributed by atoms with E-state index in [9.17, 15) is 0 Å². The summed E-state index contributed by atoms with van der Waals surface area (Å²) in [6.45, 7) is 0. The van der Waals surface area contributed by atoms with E-state index in [2.05, 4.69) is 0 Å². The Morgan fingerprint density at radius 3 is 2.06 bits per heavy atom. The highest BCUT2D eigenvalue weighted by molar-refractivity contribution is 6.37. The topological polar surface area (TPSA) is 3.88 Å². The lowest BCUT2D eigenvalue weighted by Crippen LogP contribution is -3.00. The summed E-state index contributed by atoms with van der Waals surface area (Å²) < 4.78 is 1.99. The fourth-order valence-corrected chi connectivity index (χ4v) is 2.00. The predicted molar refractivity (Wildman–Crippen MR) is 73.0 cm³/mol. The van der Waals surface area contributed by atoms with Crippen LogP contribution in [-0.2, 0) is 7.05 Å². The number of nitrogens with zero attached hydrogens (tertiary/aromatic N) is 1. The molecule has 4 heteroatoms. The molecule has 0 radical (unpaired) electrons. The maximum absolute atomic E-state index is 6.08. The van der Waals surface area contributed by atoms with E-state index in [-0.39, 0.29) is 24.0 Å². The quantitative estimate of drug-likeness (QED) is 0.531. The standard InChI is InChI=1S/C14H12Cl2N.HI/c1-17-9-7-11(8-10-17)5-6-12-13(15)3-2-4-14(12)16;/h2-10H,1H3;1H/q+1;/p-1. The lowest BCUT2D eigenvalue weighted by Gasteiger charge is -2.00. The zero-order valence-electron chi connectivity index (χ0n) is 9.78. The molecule has 0 aliphatic carbocycles. The third-order valence-electron chi connectivity index (χ3n) is 2.45. The van der Waals surface area contributed by atoms with Gasteiger partial charge < -0.3 is 24.0 Å². The minimum atomic E-state index is 0. The van der Waals surface area contributed by atoms with Crippen LogP contribution >= 0.6 is 23.2 Å². The first kappa shape index (κ1) is 15.5. The molecule has 1 aromatic heterocycles. The minimum absolute atomic E-state index is 0. The Morgan fingerprint density at radius 1 is 0.944 bits per heavy atom. The number of benzene rings is 1. The number of hydrogen-bond donors (Lipinski definition) is 0. The number of pyridine rings is 1. The second kappa shape index (κ2) is 7.12. The molecule has 1 heterocycles. The molecule has 0 aliphatic rings. The first-order valence-electron chi connectivity index (χ1n) is 5.24. The van der Waals surface area contributed by atoms with Gasteiger partial charge in [0, 0.05) is 27.7 Å². The van der Waals surface area contributed by atoms with Crippen molar-refractivity contribution in [2.45, 2.75) is 0 Å². The second-order valence-electron chi connectivity index (χ2n) is 3.77. The minimum Gasteiger partial charge on any atom is -1.00 e. The maximum Gasteiger partial charge on any atom is 0.169 e. The molecule has 0 unspecified atom stereocenters. The van der Waals surface area contributed by atoms with E-state index in [4.69, 9.17) is 23.2 Å². The highest BCUT2D eigenvalue weighted by Crippen LogP contribution is 2.26. The van der Waals surface area contributed by atoms with Gasteiger partial charge in [-0.05, 0) is 17.7 Å². The van der Waals surface area contributed by atoms with Crippen molar-refractivity contribution in [3.63, 3.8) is 0 Å². The molecular formula is C14H12Cl2IN. The number of halogens is 3. The van der Waals surface area contributed by atoms with Crippen molar-refractivity contribution in [2.24, 2.45) is 7.05 Å². The van der Waals surface area contributed by atoms with E-state index in [0.29, 0.717) is 10.0 Å². The molecule has 0 bridgehead atoms. The van der Waals surface area contributed by atoms with Gasteiger partial charge in [-0.25, -0.2) is 4.57 Å². The van der Waals surface area contributed by atoms with Gasteiger partial charge in [-0.1, -0.05) is 41.4 Å². The normalized spacial score (nSPS) is 10.4. The monoisotopic (exact) mass is 391 g/mol. The SMILES string of the molecule is C[n+]1ccc(C=Cc2c(Cl)cccc2Cl)cc1.[I-]. The molecular weight excluding hydrogens is 380 g/mol. The van der Waals surface area contributed by atoms with E-state index in [1.54, 1.807) is 0 Å². The zero-order valence-corrected chi connectivity index (χ0v) is 13.4. The van der Waals surface area contributed by atoms with Crippen LogP contribution in [0, 0.1) is 0 Å². The molecule has 0 amide bonds. The average molecular weight is 392 g/mol. The third kappa shape index (κ3) is 3.97. The summed E-state index contributed by atoms with van der Waals surface area (Å²) in [4.78, 5) is 0. The smallest absolute Gasteiger partial charge is 0.169 e. The zero-order chi connectivity index (χ0) is 12.3. The molecule has 0 saturated carbocycles. The van der Waals surface area contributed by atoms with Crippen LogP contribution in [0.4, 0.5) is 0 Å². The summed E-state index contributed by atoms with van der Waals surface area (Å²) in [5.74, 6) is 0. The van der Waals surface area contributed by atoms with Gasteiger partial charge >= 0.3 is 0 Å². The molecule has 0 fully saturated rings. The van der Waals surface area contributed by atoms with Crippen LogP contribution in [0.3, 0.4) is 0 Å². The largest absolute Gasteiger partial charge is 1.00 e. The Kier molecular flexibility index (Phi) is 6.12. The Morgan fingerprint density at radius 2 is 1.50 bits per heavy atom. The highest BCUT2D eigenvalue weighted by Gasteiger charge is 2.01. The molecule has 2 rings (SSSR count). The van der Waals surface area contributed by atoms with Gasteiger partial charge in [-0.2, -0.15) is 0 Å². The lowest BCUT2D eigenvalue weighted by molar-refractivity contribution is -0.671. The van der Waals surface area contributed by atoms with Crippen LogP contribution in [0.1, 0.15) is 11.1 Å². The van der Waals surface area contributed by atoms with Crippen molar-refractivity contribution in [2.75, 3.05) is 0 Å². The molecule has 1 nitrogen and oxygen atoms in total. The van der Waals surface area contributed by atoms with E-state index in [1.165, 1.54) is 0 Å². The summed E-state index contributed by atoms with van der Waals surface area (Å²) in [5, 5.41) is 1.32. The molecule has 1 aromatic carbocycles. The second-order valence-corrected chi connectivity index (χ2v) is 4.58. The summed E-state index contributed by atoms with van der Waals surface area (Å²) in [7, 11) is 1.98. The number of hydrogen-bond acceptors (Lipinski definition) is 0. The van der Waals surface area contributed by atoms with Gasteiger partial charge in [0.05, 0.1) is 0 Å². The Balaban J connectivity index is 0.00000162. The molecule has 0 saturated heterocycles. The number of aromatic nitrogens is 1. The van der Waals surface area contributed by atoms with Crippen LogP contribution in [-0.4, -0.2) is 0 Å². The Bertz CT molecular complexity index is 530. The van der Waals surface area contributed by atoms with Gasteiger partial charge in [-0.15, -0.1) is 0 Å². The van der Waals surface area contributed by atoms with Crippen molar-refractivity contribution >= 4 is 35.4 Å². The van der Waals surface area contributed by atoms with E-state index in [1.807, 2.05) is 66.5 Å². The van der Waals surface area contributed by atoms with Gasteiger partial charge in [-0.3, -0.25) is 0 Å². The molecule has 0 spiro atoms. The van der Waals surface area contributed by atoms with Gasteiger partial charge in [0.15, 0.2) is 12.4 Å². The van der Waals surface area contributed by atoms with Crippen LogP contribution < -0.4 is 28.5 Å². The average Bonchev–Trinajstić information content (AvgIpc) is 2.31. The summed E-state index contributed by atoms with van der Waals surface area (Å²) in [6.07, 6.45) is 7.91. The van der Waals surface area contributed by atoms with E-state index in [0.717, 1.165) is 11.1 Å². The van der Waals surface area contributed by atoms with Gasteiger partial charge in [0.25, 0.3) is 0 Å². The van der Waals surface area contributed by atoms with Crippen molar-refractivity contribution in [1.29, 1.82) is 0 Å². The molecule has 0 aliphatic heterocycles. The van der Waals surface area contributed by atoms with Crippen LogP contribution in [0.15, 0.2) is 42.7 Å². The first-order valence-corrected chi connectivity index (χ1v) is 6.00. The molecule has 0 N–H and O–H groups in total. The fraction of sp³-hybridized carbons (Fsp3) is 0.0714. The summed E-state index contributed by atoms with van der Waals surface area (Å²) in [5.41, 5.74) is 1.96. The van der Waals surface area contributed by atoms with Crippen molar-refractivity contribution < 1.29 is 28.5 Å². The Hall–Kier alpha value is -0.580. The Labute approximate surface area is 134 Å². The van der Waals surface area contributed by atoms with Gasteiger partial charge in [0.2, 0.25) is 0 Å². The molecule has 0 atom stereocenters. The van der Waals surface area contributed by atoms with E-state index >= 15 is 0 Å². The van der Waals surface area contributed by atoms with Crippen molar-refractivity contribution in [3.05, 3.63) is 63.9 Å². The van der Waals surface area contributed by atoms with Crippen molar-refractivity contribution in [1.82, 2.24) is 0 Å². The number of rotatable bonds is 2. The predicted octanol–water partition coefficient (Wildman–Crippen LogP) is 0.992. The fourth-order valence-electron chi connectivity index (χ4n) is 1.47. The van der Waals surface area contributed by atoms with Gasteiger partial charge in [0.1, 0.15) is 7.05 Å². The summed E-state index contributed by atoms with van der Waals surface area (Å²) >= 11 is 12.2. The molecule has 18 heavy (non-hydrogen) atoms. The van der Waals surface area contributed by atoms with Crippen LogP contribution in [0.25, 0.3) is 12.2 Å². The van der Waals surface area contributed by atoms with E-state index < -0.39 is 0 Å². The number of aryl methyl sites for hydroxylation is 1. The lowest BCUT2D eigenvalue weighted by atomic mass is 10.1. The maximum atomic E-state index is 6.08. The van der Waals surface area contributed by atoms with Crippen LogP contribution in [0.5, 0.6) is 0 Å².